The molecule has 6 nitrogen and oxygen atoms in total. The van der Waals surface area contributed by atoms with Gasteiger partial charge < -0.3 is 0 Å². The van der Waals surface area contributed by atoms with E-state index >= 15 is 0 Å². The predicted molar refractivity (Wildman–Crippen MR) is 121 cm³/mol. The molecule has 0 saturated heterocycles. The lowest BCUT2D eigenvalue weighted by molar-refractivity contribution is 0.857. The molecule has 0 N–H and O–H groups in total. The topological polar surface area (TPSA) is 77.3 Å². The molecule has 3 heterocycles. The molecule has 0 bridgehead atoms. The molecule has 3 aromatic rings. The van der Waals surface area contributed by atoms with Crippen molar-refractivity contribution in [2.24, 2.45) is 0 Å². The van der Waals surface area contributed by atoms with Crippen molar-refractivity contribution in [2.75, 3.05) is 0 Å². The van der Waals surface area contributed by atoms with E-state index in [-0.39, 0.29) is 0 Å². The van der Waals surface area contributed by atoms with E-state index in [0.717, 1.165) is 58.6 Å². The fraction of sp³-hybridized carbons (Fsp3) is 0.429. The van der Waals surface area contributed by atoms with Crippen molar-refractivity contribution >= 4 is 27.5 Å². The maximum atomic E-state index is 5.49. The Hall–Kier alpha value is -1.99. The Bertz CT molecular complexity index is 858. The van der Waals surface area contributed by atoms with Crippen LogP contribution in [0.5, 0.6) is 0 Å². The van der Waals surface area contributed by atoms with Gasteiger partial charge in [-0.15, -0.1) is 0 Å². The summed E-state index contributed by atoms with van der Waals surface area (Å²) in [6.45, 7) is 10.1. The third-order valence-electron chi connectivity index (χ3n) is 3.66. The summed E-state index contributed by atoms with van der Waals surface area (Å²) in [6, 6.07) is 3.74. The Morgan fingerprint density at radius 1 is 0.759 bits per heavy atom. The SMILES string of the molecule is CCCc1cc(C)ncn1.CCCc1ncnc(C)c1Br.Cc1cc(Cl)ncn1. The van der Waals surface area contributed by atoms with Gasteiger partial charge in [-0.25, -0.2) is 29.9 Å². The second-order valence-corrected chi connectivity index (χ2v) is 7.53. The first-order chi connectivity index (χ1) is 13.9. The summed E-state index contributed by atoms with van der Waals surface area (Å²) in [7, 11) is 0. The summed E-state index contributed by atoms with van der Waals surface area (Å²) in [6.07, 6.45) is 9.03. The number of hydrogen-bond acceptors (Lipinski definition) is 6. The van der Waals surface area contributed by atoms with Crippen LogP contribution < -0.4 is 0 Å². The molecule has 0 amide bonds. The summed E-state index contributed by atoms with van der Waals surface area (Å²) >= 11 is 8.95. The van der Waals surface area contributed by atoms with E-state index < -0.39 is 0 Å². The second kappa shape index (κ2) is 14.1. The van der Waals surface area contributed by atoms with E-state index in [1.54, 1.807) is 18.7 Å². The van der Waals surface area contributed by atoms with Crippen molar-refractivity contribution in [2.45, 2.75) is 60.3 Å². The van der Waals surface area contributed by atoms with Crippen molar-refractivity contribution in [1.29, 1.82) is 0 Å². The fourth-order valence-electron chi connectivity index (χ4n) is 2.24. The van der Waals surface area contributed by atoms with Crippen molar-refractivity contribution in [3.63, 3.8) is 0 Å². The first-order valence-corrected chi connectivity index (χ1v) is 10.7. The molecule has 0 saturated carbocycles. The largest absolute Gasteiger partial charge is 0.242 e. The molecule has 0 aromatic carbocycles. The van der Waals surface area contributed by atoms with E-state index in [1.165, 1.54) is 6.33 Å². The predicted octanol–water partition coefficient (Wildman–Crippen LogP) is 5.68. The third-order valence-corrected chi connectivity index (χ3v) is 4.90. The highest BCUT2D eigenvalue weighted by atomic mass is 79.9. The highest BCUT2D eigenvalue weighted by Crippen LogP contribution is 2.17. The zero-order chi connectivity index (χ0) is 21.6. The summed E-state index contributed by atoms with van der Waals surface area (Å²) in [4.78, 5) is 23.9. The third kappa shape index (κ3) is 10.4. The van der Waals surface area contributed by atoms with Crippen LogP contribution in [0.15, 0.2) is 35.6 Å². The van der Waals surface area contributed by atoms with Crippen LogP contribution in [0.3, 0.4) is 0 Å². The van der Waals surface area contributed by atoms with Gasteiger partial charge in [0.15, 0.2) is 0 Å². The Morgan fingerprint density at radius 3 is 1.86 bits per heavy atom. The van der Waals surface area contributed by atoms with E-state index in [9.17, 15) is 0 Å². The molecular formula is C21H28BrClN6. The molecule has 8 heteroatoms. The van der Waals surface area contributed by atoms with Crippen LogP contribution in [0, 0.1) is 20.8 Å². The molecule has 0 fully saturated rings. The summed E-state index contributed by atoms with van der Waals surface area (Å²) in [5.41, 5.74) is 5.22. The quantitative estimate of drug-likeness (QED) is 0.448. The number of aryl methyl sites for hydroxylation is 5. The molecule has 3 aromatic heterocycles. The molecule has 0 unspecified atom stereocenters. The lowest BCUT2D eigenvalue weighted by atomic mass is 10.2. The smallest absolute Gasteiger partial charge is 0.132 e. The molecule has 29 heavy (non-hydrogen) atoms. The lowest BCUT2D eigenvalue weighted by Crippen LogP contribution is -1.94. The highest BCUT2D eigenvalue weighted by molar-refractivity contribution is 9.10. The minimum Gasteiger partial charge on any atom is -0.242 e. The van der Waals surface area contributed by atoms with Crippen molar-refractivity contribution in [3.8, 4) is 0 Å². The van der Waals surface area contributed by atoms with Crippen molar-refractivity contribution in [3.05, 3.63) is 69.2 Å². The van der Waals surface area contributed by atoms with E-state index in [2.05, 4.69) is 59.7 Å². The van der Waals surface area contributed by atoms with Gasteiger partial charge in [0, 0.05) is 17.1 Å². The summed E-state index contributed by atoms with van der Waals surface area (Å²) < 4.78 is 1.06. The molecule has 0 atom stereocenters. The average molecular weight is 480 g/mol. The number of hydrogen-bond donors (Lipinski definition) is 0. The monoisotopic (exact) mass is 478 g/mol. The Balaban J connectivity index is 0.000000220. The molecular weight excluding hydrogens is 452 g/mol. The number of rotatable bonds is 4. The number of nitrogens with zero attached hydrogens (tertiary/aromatic N) is 6. The average Bonchev–Trinajstić information content (AvgIpc) is 2.67. The summed E-state index contributed by atoms with van der Waals surface area (Å²) in [5, 5.41) is 0.498. The number of aromatic nitrogens is 6. The molecule has 0 aliphatic rings. The Morgan fingerprint density at radius 2 is 1.34 bits per heavy atom. The van der Waals surface area contributed by atoms with Crippen molar-refractivity contribution < 1.29 is 0 Å². The van der Waals surface area contributed by atoms with Gasteiger partial charge in [0.05, 0.1) is 15.9 Å². The van der Waals surface area contributed by atoms with E-state index in [0.29, 0.717) is 5.15 Å². The van der Waals surface area contributed by atoms with Gasteiger partial charge in [-0.1, -0.05) is 38.3 Å². The van der Waals surface area contributed by atoms with Crippen LogP contribution in [-0.4, -0.2) is 29.9 Å². The van der Waals surface area contributed by atoms with Gasteiger partial charge in [0.1, 0.15) is 24.1 Å². The van der Waals surface area contributed by atoms with Gasteiger partial charge in [0.2, 0.25) is 0 Å². The first kappa shape index (κ1) is 25.0. The van der Waals surface area contributed by atoms with Crippen LogP contribution in [-0.2, 0) is 12.8 Å². The maximum absolute atomic E-state index is 5.49. The highest BCUT2D eigenvalue weighted by Gasteiger charge is 2.02. The summed E-state index contributed by atoms with van der Waals surface area (Å²) in [5.74, 6) is 0. The van der Waals surface area contributed by atoms with Crippen LogP contribution in [0.25, 0.3) is 0 Å². The lowest BCUT2D eigenvalue weighted by Gasteiger charge is -2.02. The Labute approximate surface area is 186 Å². The number of halogens is 2. The molecule has 0 radical (unpaired) electrons. The standard InChI is InChI=1S/C8H11BrN2.C8H12N2.C5H5ClN2/c1-3-4-7-8(9)6(2)10-5-11-7;1-3-4-8-5-7(2)9-6-10-8;1-4-2-5(6)8-3-7-4/h5H,3-4H2,1-2H3;5-6H,3-4H2,1-2H3;2-3H,1H3. The second-order valence-electron chi connectivity index (χ2n) is 6.35. The maximum Gasteiger partial charge on any atom is 0.132 e. The molecule has 0 aliphatic heterocycles. The molecule has 0 aliphatic carbocycles. The van der Waals surface area contributed by atoms with Crippen LogP contribution >= 0.6 is 27.5 Å². The van der Waals surface area contributed by atoms with Gasteiger partial charge in [-0.2, -0.15) is 0 Å². The van der Waals surface area contributed by atoms with E-state index in [4.69, 9.17) is 11.6 Å². The minimum atomic E-state index is 0.498. The van der Waals surface area contributed by atoms with Gasteiger partial charge in [-0.3, -0.25) is 0 Å². The van der Waals surface area contributed by atoms with Crippen LogP contribution in [0.1, 0.15) is 55.2 Å². The zero-order valence-electron chi connectivity index (χ0n) is 17.7. The van der Waals surface area contributed by atoms with Crippen LogP contribution in [0.2, 0.25) is 5.15 Å². The van der Waals surface area contributed by atoms with Gasteiger partial charge in [-0.05, 0) is 61.7 Å². The van der Waals surface area contributed by atoms with Crippen molar-refractivity contribution in [1.82, 2.24) is 29.9 Å². The van der Waals surface area contributed by atoms with Gasteiger partial charge in [0.25, 0.3) is 0 Å². The van der Waals surface area contributed by atoms with Gasteiger partial charge >= 0.3 is 0 Å². The zero-order valence-corrected chi connectivity index (χ0v) is 20.0. The first-order valence-electron chi connectivity index (χ1n) is 9.54. The molecule has 156 valence electrons. The molecule has 0 spiro atoms. The molecule has 3 rings (SSSR count). The normalized spacial score (nSPS) is 9.76. The van der Waals surface area contributed by atoms with E-state index in [1.807, 2.05) is 26.8 Å². The fourth-order valence-corrected chi connectivity index (χ4v) is 2.85. The van der Waals surface area contributed by atoms with Crippen LogP contribution in [0.4, 0.5) is 0 Å². The Kier molecular flexibility index (Phi) is 12.1. The minimum absolute atomic E-state index is 0.498.